The number of para-hydroxylation sites is 1. The fraction of sp³-hybridized carbons (Fsp3) is 0.538. The lowest BCUT2D eigenvalue weighted by Crippen LogP contribution is -2.47. The number of rotatable bonds is 0. The summed E-state index contributed by atoms with van der Waals surface area (Å²) in [6.07, 6.45) is 0. The van der Waals surface area contributed by atoms with Gasteiger partial charge >= 0.3 is 0 Å². The maximum atomic E-state index is 5.97. The number of hydrogen-bond donors (Lipinski definition) is 0. The van der Waals surface area contributed by atoms with Crippen LogP contribution < -0.4 is 9.47 Å². The number of fused-ring (bicyclic) bond motifs is 1. The number of ether oxygens (including phenoxy) is 2. The SMILES string of the molecule is Cc1cccc2c1OC(C)(C(C)(C)C)O2. The quantitative estimate of drug-likeness (QED) is 0.646. The highest BCUT2D eigenvalue weighted by Crippen LogP contribution is 2.47. The molecule has 1 unspecified atom stereocenters. The first kappa shape index (κ1) is 10.3. The minimum Gasteiger partial charge on any atom is -0.448 e. The van der Waals surface area contributed by atoms with Gasteiger partial charge in [0.1, 0.15) is 0 Å². The van der Waals surface area contributed by atoms with Crippen LogP contribution in [0.25, 0.3) is 0 Å². The Hall–Kier alpha value is -1.18. The van der Waals surface area contributed by atoms with Crippen molar-refractivity contribution in [2.24, 2.45) is 5.41 Å². The third-order valence-electron chi connectivity index (χ3n) is 3.14. The topological polar surface area (TPSA) is 18.5 Å². The molecule has 1 atom stereocenters. The van der Waals surface area contributed by atoms with Crippen molar-refractivity contribution in [2.75, 3.05) is 0 Å². The van der Waals surface area contributed by atoms with Crippen molar-refractivity contribution >= 4 is 0 Å². The molecule has 0 aliphatic carbocycles. The minimum absolute atomic E-state index is 0.0571. The van der Waals surface area contributed by atoms with Crippen LogP contribution in [-0.4, -0.2) is 5.79 Å². The van der Waals surface area contributed by atoms with Gasteiger partial charge in [0.25, 0.3) is 5.79 Å². The monoisotopic (exact) mass is 206 g/mol. The molecule has 1 heterocycles. The molecular formula is C13H18O2. The van der Waals surface area contributed by atoms with Gasteiger partial charge in [0, 0.05) is 12.3 Å². The van der Waals surface area contributed by atoms with Crippen LogP contribution in [-0.2, 0) is 0 Å². The van der Waals surface area contributed by atoms with Gasteiger partial charge in [0.2, 0.25) is 0 Å². The summed E-state index contributed by atoms with van der Waals surface area (Å²) in [6, 6.07) is 5.99. The molecule has 0 saturated heterocycles. The van der Waals surface area contributed by atoms with Crippen molar-refractivity contribution < 1.29 is 9.47 Å². The molecule has 0 radical (unpaired) electrons. The predicted octanol–water partition coefficient (Wildman–Crippen LogP) is 3.53. The first-order valence-corrected chi connectivity index (χ1v) is 5.31. The Morgan fingerprint density at radius 2 is 1.80 bits per heavy atom. The molecule has 0 fully saturated rings. The number of hydrogen-bond acceptors (Lipinski definition) is 2. The highest BCUT2D eigenvalue weighted by Gasteiger charge is 2.47. The fourth-order valence-electron chi connectivity index (χ4n) is 1.57. The van der Waals surface area contributed by atoms with E-state index in [2.05, 4.69) is 20.8 Å². The largest absolute Gasteiger partial charge is 0.448 e. The van der Waals surface area contributed by atoms with E-state index in [0.29, 0.717) is 0 Å². The molecule has 0 bridgehead atoms. The Morgan fingerprint density at radius 1 is 1.13 bits per heavy atom. The summed E-state index contributed by atoms with van der Waals surface area (Å²) in [5.74, 6) is 1.17. The van der Waals surface area contributed by atoms with Gasteiger partial charge in [-0.15, -0.1) is 0 Å². The van der Waals surface area contributed by atoms with E-state index in [1.54, 1.807) is 0 Å². The lowest BCUT2D eigenvalue weighted by Gasteiger charge is -2.35. The van der Waals surface area contributed by atoms with Crippen LogP contribution in [0.1, 0.15) is 33.3 Å². The molecule has 1 aliphatic heterocycles. The van der Waals surface area contributed by atoms with Crippen molar-refractivity contribution in [1.29, 1.82) is 0 Å². The van der Waals surface area contributed by atoms with Crippen LogP contribution in [0.2, 0.25) is 0 Å². The van der Waals surface area contributed by atoms with Crippen molar-refractivity contribution in [3.05, 3.63) is 23.8 Å². The zero-order valence-electron chi connectivity index (χ0n) is 10.0. The van der Waals surface area contributed by atoms with Crippen LogP contribution >= 0.6 is 0 Å². The second kappa shape index (κ2) is 2.91. The van der Waals surface area contributed by atoms with Gasteiger partial charge in [-0.25, -0.2) is 0 Å². The summed E-state index contributed by atoms with van der Waals surface area (Å²) < 4.78 is 11.9. The maximum Gasteiger partial charge on any atom is 0.253 e. The molecule has 0 N–H and O–H groups in total. The average molecular weight is 206 g/mol. The third-order valence-corrected chi connectivity index (χ3v) is 3.14. The molecule has 82 valence electrons. The molecular weight excluding hydrogens is 188 g/mol. The van der Waals surface area contributed by atoms with Crippen molar-refractivity contribution in [1.82, 2.24) is 0 Å². The predicted molar refractivity (Wildman–Crippen MR) is 60.3 cm³/mol. The highest BCUT2D eigenvalue weighted by atomic mass is 16.7. The summed E-state index contributed by atoms with van der Waals surface area (Å²) in [5, 5.41) is 0. The molecule has 2 rings (SSSR count). The summed E-state index contributed by atoms with van der Waals surface area (Å²) in [7, 11) is 0. The molecule has 0 aromatic heterocycles. The molecule has 2 nitrogen and oxygen atoms in total. The molecule has 0 saturated carbocycles. The van der Waals surface area contributed by atoms with Gasteiger partial charge in [-0.05, 0) is 18.6 Å². The van der Waals surface area contributed by atoms with Gasteiger partial charge < -0.3 is 9.47 Å². The Balaban J connectivity index is 2.42. The Labute approximate surface area is 91.2 Å². The molecule has 1 aromatic carbocycles. The summed E-state index contributed by atoms with van der Waals surface area (Å²) in [4.78, 5) is 0. The summed E-state index contributed by atoms with van der Waals surface area (Å²) in [5.41, 5.74) is 1.07. The van der Waals surface area contributed by atoms with Crippen LogP contribution in [0.5, 0.6) is 11.5 Å². The normalized spacial score (nSPS) is 24.3. The van der Waals surface area contributed by atoms with Crippen LogP contribution in [0.3, 0.4) is 0 Å². The zero-order valence-corrected chi connectivity index (χ0v) is 10.0. The van der Waals surface area contributed by atoms with E-state index in [0.717, 1.165) is 17.1 Å². The first-order valence-electron chi connectivity index (χ1n) is 5.31. The zero-order chi connectivity index (χ0) is 11.3. The lowest BCUT2D eigenvalue weighted by molar-refractivity contribution is -0.142. The van der Waals surface area contributed by atoms with Crippen LogP contribution in [0, 0.1) is 12.3 Å². The smallest absolute Gasteiger partial charge is 0.253 e. The maximum absolute atomic E-state index is 5.97. The van der Waals surface area contributed by atoms with Gasteiger partial charge in [0.05, 0.1) is 0 Å². The van der Waals surface area contributed by atoms with Crippen molar-refractivity contribution in [3.63, 3.8) is 0 Å². The Kier molecular flexibility index (Phi) is 2.00. The summed E-state index contributed by atoms with van der Waals surface area (Å²) >= 11 is 0. The standard InChI is InChI=1S/C13H18O2/c1-9-7-6-8-10-11(9)15-13(5,14-10)12(2,3)4/h6-8H,1-5H3. The number of benzene rings is 1. The van der Waals surface area contributed by atoms with E-state index in [1.165, 1.54) is 0 Å². The Morgan fingerprint density at radius 3 is 2.33 bits per heavy atom. The molecule has 2 heteroatoms. The fourth-order valence-corrected chi connectivity index (χ4v) is 1.57. The van der Waals surface area contributed by atoms with Gasteiger partial charge in [-0.3, -0.25) is 0 Å². The lowest BCUT2D eigenvalue weighted by atomic mass is 9.87. The second-order valence-electron chi connectivity index (χ2n) is 5.30. The third kappa shape index (κ3) is 1.48. The van der Waals surface area contributed by atoms with E-state index in [-0.39, 0.29) is 5.41 Å². The molecule has 1 aliphatic rings. The summed E-state index contributed by atoms with van der Waals surface area (Å²) in [6.45, 7) is 10.4. The van der Waals surface area contributed by atoms with Gasteiger partial charge in [-0.2, -0.15) is 0 Å². The minimum atomic E-state index is -0.568. The van der Waals surface area contributed by atoms with E-state index in [4.69, 9.17) is 9.47 Å². The van der Waals surface area contributed by atoms with E-state index in [1.807, 2.05) is 32.0 Å². The van der Waals surface area contributed by atoms with Crippen LogP contribution in [0.4, 0.5) is 0 Å². The molecule has 1 aromatic rings. The van der Waals surface area contributed by atoms with Crippen molar-refractivity contribution in [2.45, 2.75) is 40.4 Å². The second-order valence-corrected chi connectivity index (χ2v) is 5.30. The van der Waals surface area contributed by atoms with Crippen LogP contribution in [0.15, 0.2) is 18.2 Å². The molecule has 0 amide bonds. The van der Waals surface area contributed by atoms with Gasteiger partial charge in [0.15, 0.2) is 11.5 Å². The van der Waals surface area contributed by atoms with E-state index in [9.17, 15) is 0 Å². The van der Waals surface area contributed by atoms with E-state index < -0.39 is 5.79 Å². The average Bonchev–Trinajstić information content (AvgIpc) is 2.43. The molecule has 0 spiro atoms. The first-order chi connectivity index (χ1) is 6.83. The highest BCUT2D eigenvalue weighted by molar-refractivity contribution is 5.48. The Bertz CT molecular complexity index is 390. The van der Waals surface area contributed by atoms with Gasteiger partial charge in [-0.1, -0.05) is 32.9 Å². The van der Waals surface area contributed by atoms with Crippen molar-refractivity contribution in [3.8, 4) is 11.5 Å². The number of aryl methyl sites for hydroxylation is 1. The molecule has 15 heavy (non-hydrogen) atoms. The van der Waals surface area contributed by atoms with E-state index >= 15 is 0 Å².